The van der Waals surface area contributed by atoms with Crippen molar-refractivity contribution in [3.63, 3.8) is 0 Å². The van der Waals surface area contributed by atoms with Crippen molar-refractivity contribution >= 4 is 5.78 Å². The average molecular weight is 237 g/mol. The van der Waals surface area contributed by atoms with E-state index >= 15 is 0 Å². The molecule has 0 saturated heterocycles. The van der Waals surface area contributed by atoms with Crippen LogP contribution in [0.2, 0.25) is 0 Å². The molecule has 5 N–H and O–H groups in total. The lowest BCUT2D eigenvalue weighted by Gasteiger charge is -2.24. The summed E-state index contributed by atoms with van der Waals surface area (Å²) in [4.78, 5) is 11.1. The SMILES string of the molecule is CCO[CH]C(=O)[C@@H](O)[C@@H](O)[C@H](O)[C@H](O)CO. The summed E-state index contributed by atoms with van der Waals surface area (Å²) in [5.41, 5.74) is 0. The van der Waals surface area contributed by atoms with E-state index in [1.165, 1.54) is 0 Å². The van der Waals surface area contributed by atoms with Gasteiger partial charge in [0.25, 0.3) is 0 Å². The third-order valence-corrected chi connectivity index (χ3v) is 1.91. The Bertz CT molecular complexity index is 208. The zero-order chi connectivity index (χ0) is 12.7. The third-order valence-electron chi connectivity index (χ3n) is 1.91. The number of rotatable bonds is 8. The second-order valence-electron chi connectivity index (χ2n) is 3.15. The number of ether oxygens (including phenoxy) is 1. The van der Waals surface area contributed by atoms with Gasteiger partial charge in [0.15, 0.2) is 12.4 Å². The molecular weight excluding hydrogens is 220 g/mol. The summed E-state index contributed by atoms with van der Waals surface area (Å²) >= 11 is 0. The molecule has 7 nitrogen and oxygen atoms in total. The van der Waals surface area contributed by atoms with E-state index in [0.717, 1.165) is 0 Å². The van der Waals surface area contributed by atoms with Gasteiger partial charge in [-0.15, -0.1) is 0 Å². The van der Waals surface area contributed by atoms with Crippen LogP contribution < -0.4 is 0 Å². The first kappa shape index (κ1) is 15.4. The molecule has 0 aromatic carbocycles. The van der Waals surface area contributed by atoms with Crippen LogP contribution in [0.1, 0.15) is 6.92 Å². The molecule has 95 valence electrons. The van der Waals surface area contributed by atoms with Gasteiger partial charge in [-0.25, -0.2) is 0 Å². The largest absolute Gasteiger partial charge is 0.394 e. The Morgan fingerprint density at radius 2 is 1.81 bits per heavy atom. The van der Waals surface area contributed by atoms with E-state index in [1.54, 1.807) is 6.92 Å². The Morgan fingerprint density at radius 3 is 2.25 bits per heavy atom. The fourth-order valence-electron chi connectivity index (χ4n) is 0.926. The van der Waals surface area contributed by atoms with Crippen LogP contribution >= 0.6 is 0 Å². The summed E-state index contributed by atoms with van der Waals surface area (Å²) in [6, 6.07) is 0. The molecule has 0 rings (SSSR count). The number of ketones is 1. The molecule has 0 unspecified atom stereocenters. The molecule has 0 aliphatic carbocycles. The van der Waals surface area contributed by atoms with Gasteiger partial charge in [-0.05, 0) is 6.92 Å². The summed E-state index contributed by atoms with van der Waals surface area (Å²) in [6.45, 7) is 1.76. The predicted molar refractivity (Wildman–Crippen MR) is 52.0 cm³/mol. The van der Waals surface area contributed by atoms with Gasteiger partial charge < -0.3 is 30.3 Å². The van der Waals surface area contributed by atoms with Crippen LogP contribution in [0, 0.1) is 6.61 Å². The Labute approximate surface area is 92.9 Å². The van der Waals surface area contributed by atoms with Gasteiger partial charge in [-0.1, -0.05) is 0 Å². The maximum absolute atomic E-state index is 11.1. The van der Waals surface area contributed by atoms with Gasteiger partial charge in [0.05, 0.1) is 6.61 Å². The molecule has 0 aromatic rings. The summed E-state index contributed by atoms with van der Waals surface area (Å²) in [5, 5.41) is 45.2. The van der Waals surface area contributed by atoms with Crippen LogP contribution in [0.5, 0.6) is 0 Å². The molecule has 4 atom stereocenters. The highest BCUT2D eigenvalue weighted by Gasteiger charge is 2.33. The van der Waals surface area contributed by atoms with Crippen molar-refractivity contribution in [3.8, 4) is 0 Å². The number of aliphatic hydroxyl groups is 5. The smallest absolute Gasteiger partial charge is 0.195 e. The van der Waals surface area contributed by atoms with Crippen LogP contribution in [-0.2, 0) is 9.53 Å². The summed E-state index contributed by atoms with van der Waals surface area (Å²) in [5.74, 6) is -0.932. The van der Waals surface area contributed by atoms with E-state index < -0.39 is 36.8 Å². The number of carbonyl (C=O) groups excluding carboxylic acids is 1. The van der Waals surface area contributed by atoms with Gasteiger partial charge in [-0.3, -0.25) is 4.79 Å². The van der Waals surface area contributed by atoms with Gasteiger partial charge in [-0.2, -0.15) is 0 Å². The number of hydrogen-bond acceptors (Lipinski definition) is 7. The molecule has 0 heterocycles. The zero-order valence-corrected chi connectivity index (χ0v) is 8.85. The van der Waals surface area contributed by atoms with Crippen molar-refractivity contribution in [2.24, 2.45) is 0 Å². The Hall–Kier alpha value is -0.570. The van der Waals surface area contributed by atoms with E-state index in [4.69, 9.17) is 10.2 Å². The van der Waals surface area contributed by atoms with E-state index in [0.29, 0.717) is 6.61 Å². The second-order valence-corrected chi connectivity index (χ2v) is 3.15. The molecular formula is C9H17O7. The van der Waals surface area contributed by atoms with Crippen LogP contribution in [-0.4, -0.2) is 68.9 Å². The predicted octanol–water partition coefficient (Wildman–Crippen LogP) is -2.81. The maximum atomic E-state index is 11.1. The molecule has 16 heavy (non-hydrogen) atoms. The van der Waals surface area contributed by atoms with Crippen molar-refractivity contribution in [1.82, 2.24) is 0 Å². The first-order valence-corrected chi connectivity index (χ1v) is 4.77. The van der Waals surface area contributed by atoms with E-state index in [1.807, 2.05) is 0 Å². The highest BCUT2D eigenvalue weighted by molar-refractivity contribution is 5.89. The fourth-order valence-corrected chi connectivity index (χ4v) is 0.926. The van der Waals surface area contributed by atoms with E-state index in [2.05, 4.69) is 4.74 Å². The lowest BCUT2D eigenvalue weighted by atomic mass is 10.0. The summed E-state index contributed by atoms with van der Waals surface area (Å²) in [7, 11) is 0. The van der Waals surface area contributed by atoms with Crippen molar-refractivity contribution in [2.45, 2.75) is 31.3 Å². The lowest BCUT2D eigenvalue weighted by molar-refractivity contribution is -0.147. The van der Waals surface area contributed by atoms with Gasteiger partial charge >= 0.3 is 0 Å². The van der Waals surface area contributed by atoms with Crippen LogP contribution in [0.15, 0.2) is 0 Å². The second kappa shape index (κ2) is 7.66. The molecule has 0 aliphatic heterocycles. The molecule has 7 heteroatoms. The highest BCUT2D eigenvalue weighted by Crippen LogP contribution is 2.07. The van der Waals surface area contributed by atoms with Gasteiger partial charge in [0, 0.05) is 6.61 Å². The quantitative estimate of drug-likeness (QED) is 0.308. The van der Waals surface area contributed by atoms with Gasteiger partial charge in [0.1, 0.15) is 24.4 Å². The monoisotopic (exact) mass is 237 g/mol. The molecule has 1 radical (unpaired) electrons. The van der Waals surface area contributed by atoms with Crippen molar-refractivity contribution < 1.29 is 35.1 Å². The van der Waals surface area contributed by atoms with E-state index in [9.17, 15) is 20.1 Å². The van der Waals surface area contributed by atoms with Crippen molar-refractivity contribution in [1.29, 1.82) is 0 Å². The average Bonchev–Trinajstić information content (AvgIpc) is 2.31. The number of aliphatic hydroxyl groups excluding tert-OH is 5. The first-order chi connectivity index (χ1) is 7.45. The van der Waals surface area contributed by atoms with Crippen LogP contribution in [0.25, 0.3) is 0 Å². The topological polar surface area (TPSA) is 127 Å². The Kier molecular flexibility index (Phi) is 7.39. The molecule has 0 amide bonds. The minimum atomic E-state index is -1.91. The molecule has 0 bridgehead atoms. The Balaban J connectivity index is 4.25. The first-order valence-electron chi connectivity index (χ1n) is 4.77. The maximum Gasteiger partial charge on any atom is 0.195 e. The third kappa shape index (κ3) is 4.52. The molecule has 0 aliphatic rings. The van der Waals surface area contributed by atoms with Gasteiger partial charge in [0.2, 0.25) is 0 Å². The van der Waals surface area contributed by atoms with E-state index in [-0.39, 0.29) is 6.61 Å². The van der Waals surface area contributed by atoms with Crippen molar-refractivity contribution in [2.75, 3.05) is 13.2 Å². The Morgan fingerprint density at radius 1 is 1.25 bits per heavy atom. The molecule has 0 fully saturated rings. The molecule has 0 spiro atoms. The summed E-state index contributed by atoms with van der Waals surface area (Å²) < 4.78 is 4.59. The normalized spacial score (nSPS) is 18.9. The number of carbonyl (C=O) groups is 1. The lowest BCUT2D eigenvalue weighted by Crippen LogP contribution is -2.48. The summed E-state index contributed by atoms with van der Waals surface area (Å²) in [6.07, 6.45) is -7.27. The molecule has 0 saturated carbocycles. The standard InChI is InChI=1S/C9H17O7/c1-2-16-4-6(12)8(14)9(15)7(13)5(11)3-10/h4-5,7-11,13-15H,2-3H2,1H3/t5-,7-,8-,9+/m1/s1. The number of hydrogen-bond donors (Lipinski definition) is 5. The number of Topliss-reactive ketones (excluding diaryl/α,β-unsaturated/α-hetero) is 1. The zero-order valence-electron chi connectivity index (χ0n) is 8.85. The minimum Gasteiger partial charge on any atom is -0.394 e. The molecule has 0 aromatic heterocycles. The van der Waals surface area contributed by atoms with Crippen LogP contribution in [0.4, 0.5) is 0 Å². The fraction of sp³-hybridized carbons (Fsp3) is 0.778. The highest BCUT2D eigenvalue weighted by atomic mass is 16.5. The van der Waals surface area contributed by atoms with Crippen molar-refractivity contribution in [3.05, 3.63) is 6.61 Å². The minimum absolute atomic E-state index is 0.219. The van der Waals surface area contributed by atoms with Crippen LogP contribution in [0.3, 0.4) is 0 Å².